The highest BCUT2D eigenvalue weighted by molar-refractivity contribution is 7.99. The van der Waals surface area contributed by atoms with Gasteiger partial charge in [0.2, 0.25) is 15.9 Å². The van der Waals surface area contributed by atoms with Gasteiger partial charge in [-0.05, 0) is 56.6 Å². The van der Waals surface area contributed by atoms with E-state index in [-0.39, 0.29) is 10.8 Å². The van der Waals surface area contributed by atoms with Crippen molar-refractivity contribution < 1.29 is 13.2 Å². The Kier molecular flexibility index (Phi) is 7.36. The number of carbonyl (C=O) groups excluding carboxylic acids is 1. The molecule has 1 amide bonds. The van der Waals surface area contributed by atoms with Gasteiger partial charge in [0.15, 0.2) is 0 Å². The van der Waals surface area contributed by atoms with Crippen LogP contribution in [0.4, 0.5) is 0 Å². The monoisotopic (exact) mass is 451 g/mol. The lowest BCUT2D eigenvalue weighted by Crippen LogP contribution is -2.50. The summed E-state index contributed by atoms with van der Waals surface area (Å²) in [5, 5.41) is 0.704. The lowest BCUT2D eigenvalue weighted by atomic mass is 9.78. The Bertz CT molecular complexity index is 819. The summed E-state index contributed by atoms with van der Waals surface area (Å²) in [5.41, 5.74) is 0. The fourth-order valence-electron chi connectivity index (χ4n) is 5.19. The molecule has 6 nitrogen and oxygen atoms in total. The average molecular weight is 452 g/mol. The van der Waals surface area contributed by atoms with Crippen molar-refractivity contribution in [2.75, 3.05) is 25.4 Å². The van der Waals surface area contributed by atoms with Gasteiger partial charge in [-0.3, -0.25) is 4.79 Å². The van der Waals surface area contributed by atoms with Crippen LogP contribution >= 0.6 is 11.8 Å². The zero-order valence-electron chi connectivity index (χ0n) is 17.7. The number of thioether (sulfide) groups is 1. The molecule has 2 unspecified atom stereocenters. The molecule has 0 radical (unpaired) electrons. The third-order valence-corrected chi connectivity index (χ3v) is 9.63. The summed E-state index contributed by atoms with van der Waals surface area (Å²) < 4.78 is 27.3. The predicted octanol–water partition coefficient (Wildman–Crippen LogP) is 3.92. The highest BCUT2D eigenvalue weighted by Crippen LogP contribution is 2.35. The van der Waals surface area contributed by atoms with E-state index in [1.165, 1.54) is 43.6 Å². The van der Waals surface area contributed by atoms with Gasteiger partial charge in [-0.2, -0.15) is 4.31 Å². The number of aromatic nitrogens is 1. The zero-order valence-corrected chi connectivity index (χ0v) is 19.3. The molecule has 3 fully saturated rings. The molecule has 0 spiro atoms. The van der Waals surface area contributed by atoms with Crippen molar-refractivity contribution in [3.63, 3.8) is 0 Å². The molecule has 8 heteroatoms. The molecule has 1 aliphatic carbocycles. The first-order chi connectivity index (χ1) is 14.6. The summed E-state index contributed by atoms with van der Waals surface area (Å²) in [4.78, 5) is 19.6. The third kappa shape index (κ3) is 5.02. The third-order valence-electron chi connectivity index (χ3n) is 6.82. The van der Waals surface area contributed by atoms with Crippen molar-refractivity contribution in [1.82, 2.24) is 14.2 Å². The van der Waals surface area contributed by atoms with E-state index in [4.69, 9.17) is 0 Å². The molecule has 166 valence electrons. The van der Waals surface area contributed by atoms with Crippen LogP contribution in [-0.4, -0.2) is 59.9 Å². The lowest BCUT2D eigenvalue weighted by molar-refractivity contribution is -0.134. The highest BCUT2D eigenvalue weighted by atomic mass is 32.2. The fourth-order valence-corrected chi connectivity index (χ4v) is 7.38. The van der Waals surface area contributed by atoms with E-state index in [1.54, 1.807) is 16.4 Å². The number of sulfonamides is 1. The van der Waals surface area contributed by atoms with Crippen molar-refractivity contribution in [3.05, 3.63) is 18.3 Å². The zero-order chi connectivity index (χ0) is 21.0. The standard InChI is InChI=1S/C22H33N3O3S2/c26-22(25-15-7-9-18-8-3-4-10-20(18)25)17-29-21-12-11-19(16-23-21)30(27,28)24-13-5-1-2-6-14-24/h11-12,16,18,20H,1-10,13-15,17H2. The summed E-state index contributed by atoms with van der Waals surface area (Å²) in [6.45, 7) is 2.05. The minimum atomic E-state index is -3.48. The second-order valence-corrected chi connectivity index (χ2v) is 11.7. The van der Waals surface area contributed by atoms with Crippen LogP contribution in [0.25, 0.3) is 0 Å². The highest BCUT2D eigenvalue weighted by Gasteiger charge is 2.35. The number of hydrogen-bond donors (Lipinski definition) is 0. The average Bonchev–Trinajstić information content (AvgIpc) is 3.08. The van der Waals surface area contributed by atoms with E-state index in [0.717, 1.165) is 45.1 Å². The Balaban J connectivity index is 1.35. The number of nitrogens with zero attached hydrogens (tertiary/aromatic N) is 3. The van der Waals surface area contributed by atoms with Gasteiger partial charge in [-0.15, -0.1) is 0 Å². The summed E-state index contributed by atoms with van der Waals surface area (Å²) in [6, 6.07) is 3.80. The Labute approximate surface area is 184 Å². The Hall–Kier alpha value is -1.12. The minimum absolute atomic E-state index is 0.194. The number of carbonyl (C=O) groups is 1. The maximum atomic E-state index is 12.9. The molecule has 1 saturated carbocycles. The Morgan fingerprint density at radius 3 is 2.43 bits per heavy atom. The topological polar surface area (TPSA) is 70.6 Å². The second-order valence-electron chi connectivity index (χ2n) is 8.78. The van der Waals surface area contributed by atoms with Crippen molar-refractivity contribution in [1.29, 1.82) is 0 Å². The minimum Gasteiger partial charge on any atom is -0.339 e. The molecule has 1 aromatic heterocycles. The molecule has 2 aliphatic heterocycles. The molecule has 2 atom stereocenters. The van der Waals surface area contributed by atoms with Gasteiger partial charge in [-0.25, -0.2) is 13.4 Å². The van der Waals surface area contributed by atoms with Gasteiger partial charge in [0.25, 0.3) is 0 Å². The summed E-state index contributed by atoms with van der Waals surface area (Å²) in [5.74, 6) is 1.25. The van der Waals surface area contributed by atoms with Crippen LogP contribution < -0.4 is 0 Å². The van der Waals surface area contributed by atoms with Crippen molar-refractivity contribution in [2.24, 2.45) is 5.92 Å². The molecule has 0 aromatic carbocycles. The van der Waals surface area contributed by atoms with E-state index in [9.17, 15) is 13.2 Å². The summed E-state index contributed by atoms with van der Waals surface area (Å²) in [7, 11) is -3.48. The van der Waals surface area contributed by atoms with E-state index < -0.39 is 10.0 Å². The van der Waals surface area contributed by atoms with Crippen LogP contribution in [0.3, 0.4) is 0 Å². The number of rotatable bonds is 5. The number of piperidine rings is 1. The number of fused-ring (bicyclic) bond motifs is 1. The van der Waals surface area contributed by atoms with Gasteiger partial charge < -0.3 is 4.90 Å². The number of amides is 1. The normalized spacial score (nSPS) is 26.1. The first-order valence-electron chi connectivity index (χ1n) is 11.4. The number of hydrogen-bond acceptors (Lipinski definition) is 5. The first kappa shape index (κ1) is 22.1. The van der Waals surface area contributed by atoms with Crippen LogP contribution in [0.15, 0.2) is 28.3 Å². The van der Waals surface area contributed by atoms with E-state index in [0.29, 0.717) is 35.8 Å². The van der Waals surface area contributed by atoms with Gasteiger partial charge in [0, 0.05) is 31.9 Å². The fraction of sp³-hybridized carbons (Fsp3) is 0.727. The summed E-state index contributed by atoms with van der Waals surface area (Å²) >= 11 is 1.41. The van der Waals surface area contributed by atoms with Crippen LogP contribution in [0, 0.1) is 5.92 Å². The molecule has 4 rings (SSSR count). The second kappa shape index (κ2) is 10.0. The lowest BCUT2D eigenvalue weighted by Gasteiger charge is -2.44. The summed E-state index contributed by atoms with van der Waals surface area (Å²) in [6.07, 6.45) is 12.8. The van der Waals surface area contributed by atoms with Crippen LogP contribution in [0.1, 0.15) is 64.2 Å². The molecule has 2 saturated heterocycles. The molecule has 0 bridgehead atoms. The van der Waals surface area contributed by atoms with Crippen LogP contribution in [0.5, 0.6) is 0 Å². The molecule has 0 N–H and O–H groups in total. The molecular formula is C22H33N3O3S2. The van der Waals surface area contributed by atoms with Gasteiger partial charge >= 0.3 is 0 Å². The first-order valence-corrected chi connectivity index (χ1v) is 13.9. The van der Waals surface area contributed by atoms with E-state index >= 15 is 0 Å². The maximum Gasteiger partial charge on any atom is 0.244 e. The van der Waals surface area contributed by atoms with Crippen LogP contribution in [0.2, 0.25) is 0 Å². The van der Waals surface area contributed by atoms with Gasteiger partial charge in [-0.1, -0.05) is 37.4 Å². The van der Waals surface area contributed by atoms with Crippen molar-refractivity contribution in [3.8, 4) is 0 Å². The molecule has 3 heterocycles. The van der Waals surface area contributed by atoms with Gasteiger partial charge in [0.1, 0.15) is 4.90 Å². The predicted molar refractivity (Wildman–Crippen MR) is 119 cm³/mol. The SMILES string of the molecule is O=C(CSc1ccc(S(=O)(=O)N2CCCCCC2)cn1)N1CCCC2CCCCC21. The number of pyridine rings is 1. The number of likely N-dealkylation sites (tertiary alicyclic amines) is 1. The smallest absolute Gasteiger partial charge is 0.244 e. The Morgan fingerprint density at radius 1 is 0.967 bits per heavy atom. The van der Waals surface area contributed by atoms with Crippen LogP contribution in [-0.2, 0) is 14.8 Å². The van der Waals surface area contributed by atoms with E-state index in [1.807, 2.05) is 0 Å². The van der Waals surface area contributed by atoms with Crippen molar-refractivity contribution in [2.45, 2.75) is 80.2 Å². The molecule has 3 aliphatic rings. The quantitative estimate of drug-likeness (QED) is 0.635. The maximum absolute atomic E-state index is 12.9. The van der Waals surface area contributed by atoms with Crippen molar-refractivity contribution >= 4 is 27.7 Å². The van der Waals surface area contributed by atoms with E-state index in [2.05, 4.69) is 9.88 Å². The molecule has 1 aromatic rings. The Morgan fingerprint density at radius 2 is 1.70 bits per heavy atom. The molecular weight excluding hydrogens is 418 g/mol. The molecule has 30 heavy (non-hydrogen) atoms. The van der Waals surface area contributed by atoms with Gasteiger partial charge in [0.05, 0.1) is 10.8 Å². The largest absolute Gasteiger partial charge is 0.339 e.